The maximum Gasteiger partial charge on any atom is 0.403 e. The average Bonchev–Trinajstić information content (AvgIpc) is 2.26. The second kappa shape index (κ2) is 5.90. The molecule has 0 unspecified atom stereocenters. The maximum absolute atomic E-state index is 12.3. The van der Waals surface area contributed by atoms with Crippen LogP contribution < -0.4 is 4.74 Å². The van der Waals surface area contributed by atoms with E-state index in [4.69, 9.17) is 11.6 Å². The molecule has 0 N–H and O–H groups in total. The lowest BCUT2D eigenvalue weighted by atomic mass is 10.1. The highest BCUT2D eigenvalue weighted by Crippen LogP contribution is 2.39. The van der Waals surface area contributed by atoms with Gasteiger partial charge in [-0.05, 0) is 6.07 Å². The van der Waals surface area contributed by atoms with Gasteiger partial charge in [-0.3, -0.25) is 0 Å². The molecule has 0 heterocycles. The van der Waals surface area contributed by atoms with Crippen LogP contribution in [0.2, 0.25) is 0 Å². The Morgan fingerprint density at radius 3 is 2.00 bits per heavy atom. The molecule has 0 fully saturated rings. The van der Waals surface area contributed by atoms with Crippen molar-refractivity contribution in [3.05, 3.63) is 29.8 Å². The molecule has 0 aliphatic heterocycles. The minimum Gasteiger partial charge on any atom is -0.492 e. The van der Waals surface area contributed by atoms with E-state index in [9.17, 15) is 26.3 Å². The average molecular weight is 307 g/mol. The zero-order valence-electron chi connectivity index (χ0n) is 9.35. The van der Waals surface area contributed by atoms with Gasteiger partial charge in [0, 0.05) is 5.56 Å². The summed E-state index contributed by atoms with van der Waals surface area (Å²) in [6.45, 7) is -1.53. The Balaban J connectivity index is 2.83. The lowest BCUT2D eigenvalue weighted by Gasteiger charge is -2.23. The predicted molar refractivity (Wildman–Crippen MR) is 57.1 cm³/mol. The third kappa shape index (κ3) is 4.49. The van der Waals surface area contributed by atoms with E-state index < -0.39 is 24.9 Å². The number of hydrogen-bond acceptors (Lipinski definition) is 1. The van der Waals surface area contributed by atoms with E-state index in [1.807, 2.05) is 0 Å². The standard InChI is InChI=1S/C11H9ClF6O/c12-5-7-3-1-2-4-8(7)19-6-9(10(13,14)15)11(16,17)18/h1-4,9H,5-6H2. The topological polar surface area (TPSA) is 9.23 Å². The van der Waals surface area contributed by atoms with Gasteiger partial charge in [-0.25, -0.2) is 0 Å². The van der Waals surface area contributed by atoms with Crippen molar-refractivity contribution in [2.75, 3.05) is 6.61 Å². The summed E-state index contributed by atoms with van der Waals surface area (Å²) >= 11 is 5.50. The van der Waals surface area contributed by atoms with Crippen LogP contribution in [0.5, 0.6) is 5.75 Å². The quantitative estimate of drug-likeness (QED) is 0.586. The van der Waals surface area contributed by atoms with Crippen molar-refractivity contribution in [2.24, 2.45) is 5.92 Å². The van der Waals surface area contributed by atoms with Gasteiger partial charge in [-0.15, -0.1) is 11.6 Å². The summed E-state index contributed by atoms with van der Waals surface area (Å²) in [6.07, 6.45) is -10.8. The van der Waals surface area contributed by atoms with Gasteiger partial charge in [0.05, 0.1) is 5.88 Å². The Bertz CT molecular complexity index is 400. The Labute approximate surface area is 110 Å². The molecule has 0 aromatic heterocycles. The van der Waals surface area contributed by atoms with Gasteiger partial charge in [-0.1, -0.05) is 18.2 Å². The van der Waals surface area contributed by atoms with Gasteiger partial charge >= 0.3 is 12.4 Å². The third-order valence-corrected chi connectivity index (χ3v) is 2.60. The Morgan fingerprint density at radius 2 is 1.53 bits per heavy atom. The van der Waals surface area contributed by atoms with Crippen molar-refractivity contribution in [3.63, 3.8) is 0 Å². The number of halogens is 7. The highest BCUT2D eigenvalue weighted by Gasteiger charge is 2.57. The molecule has 1 rings (SSSR count). The molecule has 0 saturated heterocycles. The maximum atomic E-state index is 12.3. The summed E-state index contributed by atoms with van der Waals surface area (Å²) in [5, 5.41) is 0. The molecule has 8 heteroatoms. The first-order valence-corrected chi connectivity index (χ1v) is 5.59. The second-order valence-corrected chi connectivity index (χ2v) is 3.96. The Hall–Kier alpha value is -1.11. The molecule has 0 saturated carbocycles. The lowest BCUT2D eigenvalue weighted by Crippen LogP contribution is -2.40. The van der Waals surface area contributed by atoms with Crippen molar-refractivity contribution in [1.82, 2.24) is 0 Å². The summed E-state index contributed by atoms with van der Waals surface area (Å²) in [4.78, 5) is 0. The van der Waals surface area contributed by atoms with Crippen molar-refractivity contribution in [1.29, 1.82) is 0 Å². The summed E-state index contributed by atoms with van der Waals surface area (Å²) in [6, 6.07) is 5.71. The van der Waals surface area contributed by atoms with E-state index in [1.165, 1.54) is 18.2 Å². The van der Waals surface area contributed by atoms with E-state index in [1.54, 1.807) is 6.07 Å². The molecule has 0 spiro atoms. The van der Waals surface area contributed by atoms with Gasteiger partial charge in [0.25, 0.3) is 0 Å². The molecule has 1 nitrogen and oxygen atoms in total. The van der Waals surface area contributed by atoms with E-state index in [0.29, 0.717) is 5.56 Å². The van der Waals surface area contributed by atoms with Crippen LogP contribution in [-0.4, -0.2) is 19.0 Å². The number of benzene rings is 1. The number of alkyl halides is 7. The number of para-hydroxylation sites is 1. The van der Waals surface area contributed by atoms with E-state index >= 15 is 0 Å². The molecule has 0 aliphatic carbocycles. The fourth-order valence-corrected chi connectivity index (χ4v) is 1.52. The largest absolute Gasteiger partial charge is 0.492 e. The molecule has 108 valence electrons. The van der Waals surface area contributed by atoms with Gasteiger partial charge in [0.1, 0.15) is 12.4 Å². The molecule has 0 aliphatic rings. The predicted octanol–water partition coefficient (Wildman–Crippen LogP) is 4.55. The first-order chi connectivity index (χ1) is 8.66. The van der Waals surface area contributed by atoms with Gasteiger partial charge < -0.3 is 4.74 Å². The summed E-state index contributed by atoms with van der Waals surface area (Å²) < 4.78 is 78.3. The van der Waals surface area contributed by atoms with Crippen molar-refractivity contribution < 1.29 is 31.1 Å². The molecular weight excluding hydrogens is 298 g/mol. The van der Waals surface area contributed by atoms with Crippen molar-refractivity contribution >= 4 is 11.6 Å². The summed E-state index contributed by atoms with van der Waals surface area (Å²) in [5.74, 6) is -3.68. The van der Waals surface area contributed by atoms with E-state index in [2.05, 4.69) is 4.74 Å². The fraction of sp³-hybridized carbons (Fsp3) is 0.455. The molecular formula is C11H9ClF6O. The van der Waals surface area contributed by atoms with Crippen LogP contribution in [0.1, 0.15) is 5.56 Å². The number of ether oxygens (including phenoxy) is 1. The van der Waals surface area contributed by atoms with Crippen LogP contribution in [0.15, 0.2) is 24.3 Å². The lowest BCUT2D eigenvalue weighted by molar-refractivity contribution is -0.289. The molecule has 0 atom stereocenters. The van der Waals surface area contributed by atoms with Gasteiger partial charge in [0.2, 0.25) is 0 Å². The number of hydrogen-bond donors (Lipinski definition) is 0. The summed E-state index contributed by atoms with van der Waals surface area (Å²) in [7, 11) is 0. The van der Waals surface area contributed by atoms with Crippen LogP contribution in [0.25, 0.3) is 0 Å². The van der Waals surface area contributed by atoms with Gasteiger partial charge in [-0.2, -0.15) is 26.3 Å². The molecule has 0 radical (unpaired) electrons. The fourth-order valence-electron chi connectivity index (χ4n) is 1.30. The summed E-state index contributed by atoms with van der Waals surface area (Å²) in [5.41, 5.74) is 0.326. The van der Waals surface area contributed by atoms with Crippen molar-refractivity contribution in [3.8, 4) is 5.75 Å². The smallest absolute Gasteiger partial charge is 0.403 e. The Morgan fingerprint density at radius 1 is 1.00 bits per heavy atom. The first kappa shape index (κ1) is 15.9. The molecule has 19 heavy (non-hydrogen) atoms. The first-order valence-electron chi connectivity index (χ1n) is 5.06. The zero-order chi connectivity index (χ0) is 14.7. The molecule has 0 amide bonds. The van der Waals surface area contributed by atoms with Gasteiger partial charge in [0.15, 0.2) is 5.92 Å². The minimum atomic E-state index is -5.41. The highest BCUT2D eigenvalue weighted by molar-refractivity contribution is 6.17. The van der Waals surface area contributed by atoms with Crippen molar-refractivity contribution in [2.45, 2.75) is 18.2 Å². The van der Waals surface area contributed by atoms with Crippen LogP contribution >= 0.6 is 11.6 Å². The number of rotatable bonds is 4. The highest BCUT2D eigenvalue weighted by atomic mass is 35.5. The van der Waals surface area contributed by atoms with Crippen LogP contribution in [0.3, 0.4) is 0 Å². The van der Waals surface area contributed by atoms with E-state index in [0.717, 1.165) is 0 Å². The monoisotopic (exact) mass is 306 g/mol. The van der Waals surface area contributed by atoms with Crippen LogP contribution in [0, 0.1) is 5.92 Å². The molecule has 0 bridgehead atoms. The minimum absolute atomic E-state index is 0.0706. The van der Waals surface area contributed by atoms with Crippen LogP contribution in [-0.2, 0) is 5.88 Å². The molecule has 1 aromatic carbocycles. The Kier molecular flexibility index (Phi) is 4.95. The van der Waals surface area contributed by atoms with E-state index in [-0.39, 0.29) is 11.6 Å². The van der Waals surface area contributed by atoms with Crippen LogP contribution in [0.4, 0.5) is 26.3 Å². The third-order valence-electron chi connectivity index (χ3n) is 2.31. The zero-order valence-corrected chi connectivity index (χ0v) is 10.1. The second-order valence-electron chi connectivity index (χ2n) is 3.69. The SMILES string of the molecule is FC(F)(F)C(COc1ccccc1CCl)C(F)(F)F. The normalized spacial score (nSPS) is 12.8. The molecule has 1 aromatic rings.